The van der Waals surface area contributed by atoms with E-state index in [0.29, 0.717) is 23.2 Å². The van der Waals surface area contributed by atoms with Gasteiger partial charge in [-0.15, -0.1) is 5.10 Å². The maximum Gasteiger partial charge on any atom is 0.169 e. The molecule has 0 aliphatic heterocycles. The Morgan fingerprint density at radius 1 is 1.42 bits per heavy atom. The molecule has 2 aromatic rings. The van der Waals surface area contributed by atoms with E-state index in [1.54, 1.807) is 11.0 Å². The molecule has 0 aromatic carbocycles. The predicted octanol–water partition coefficient (Wildman–Crippen LogP) is 0.468. The summed E-state index contributed by atoms with van der Waals surface area (Å²) in [5.41, 5.74) is 8.21. The molecular formula is C11H15N7S. The molecule has 0 aliphatic carbocycles. The highest BCUT2D eigenvalue weighted by molar-refractivity contribution is 7.80. The van der Waals surface area contributed by atoms with Gasteiger partial charge in [0.2, 0.25) is 0 Å². The van der Waals surface area contributed by atoms with Crippen LogP contribution in [0.15, 0.2) is 6.33 Å². The molecule has 0 saturated heterocycles. The molecule has 7 nitrogen and oxygen atoms in total. The van der Waals surface area contributed by atoms with Crippen molar-refractivity contribution >= 4 is 23.0 Å². The van der Waals surface area contributed by atoms with Gasteiger partial charge in [0, 0.05) is 7.05 Å². The van der Waals surface area contributed by atoms with Crippen molar-refractivity contribution in [1.82, 2.24) is 25.0 Å². The minimum Gasteiger partial charge on any atom is -0.389 e. The minimum atomic E-state index is 0.298. The first-order valence-electron chi connectivity index (χ1n) is 5.71. The molecule has 2 rings (SSSR count). The molecule has 100 valence electrons. The number of nitrogens with one attached hydrogen (secondary N) is 1. The first-order chi connectivity index (χ1) is 8.99. The van der Waals surface area contributed by atoms with E-state index in [9.17, 15) is 0 Å². The van der Waals surface area contributed by atoms with Crippen LogP contribution in [0.1, 0.15) is 22.6 Å². The number of nitrogens with two attached hydrogens (primary N) is 1. The molecule has 0 radical (unpaired) electrons. The lowest BCUT2D eigenvalue weighted by Crippen LogP contribution is -2.18. The summed E-state index contributed by atoms with van der Waals surface area (Å²) in [4.78, 5) is 4.42. The highest BCUT2D eigenvalue weighted by Gasteiger charge is 2.13. The molecule has 2 aromatic heterocycles. The average molecular weight is 277 g/mol. The van der Waals surface area contributed by atoms with Gasteiger partial charge in [-0.3, -0.25) is 4.68 Å². The Labute approximate surface area is 116 Å². The Morgan fingerprint density at radius 2 is 2.16 bits per heavy atom. The SMILES string of the molecule is Cc1nnc(NCc2ncn(C)n2)c(C(N)=S)c1C. The summed E-state index contributed by atoms with van der Waals surface area (Å²) in [7, 11) is 1.81. The number of aromatic nitrogens is 5. The van der Waals surface area contributed by atoms with E-state index in [1.165, 1.54) is 0 Å². The lowest BCUT2D eigenvalue weighted by Gasteiger charge is -2.12. The molecule has 0 aliphatic rings. The third kappa shape index (κ3) is 2.84. The van der Waals surface area contributed by atoms with Crippen LogP contribution in [0.5, 0.6) is 0 Å². The van der Waals surface area contributed by atoms with E-state index >= 15 is 0 Å². The van der Waals surface area contributed by atoms with Gasteiger partial charge in [0.15, 0.2) is 11.6 Å². The van der Waals surface area contributed by atoms with Crippen LogP contribution in [0.2, 0.25) is 0 Å². The Kier molecular flexibility index (Phi) is 3.70. The van der Waals surface area contributed by atoms with Crippen molar-refractivity contribution in [3.63, 3.8) is 0 Å². The number of thiocarbonyl (C=S) groups is 1. The zero-order chi connectivity index (χ0) is 14.0. The standard InChI is InChI=1S/C11H15N7S/c1-6-7(2)15-16-11(9(6)10(12)19)13-4-8-14-5-18(3)17-8/h5H,4H2,1-3H3,(H2,12,19)(H,13,16). The summed E-state index contributed by atoms with van der Waals surface area (Å²) >= 11 is 5.07. The van der Waals surface area contributed by atoms with Crippen LogP contribution in [-0.2, 0) is 13.6 Å². The van der Waals surface area contributed by atoms with Crippen molar-refractivity contribution in [3.8, 4) is 0 Å². The van der Waals surface area contributed by atoms with Crippen LogP contribution < -0.4 is 11.1 Å². The second kappa shape index (κ2) is 5.27. The Bertz CT molecular complexity index is 620. The summed E-state index contributed by atoms with van der Waals surface area (Å²) in [5, 5.41) is 15.4. The number of hydrogen-bond donors (Lipinski definition) is 2. The monoisotopic (exact) mass is 277 g/mol. The minimum absolute atomic E-state index is 0.298. The molecule has 0 amide bonds. The number of anilines is 1. The van der Waals surface area contributed by atoms with Gasteiger partial charge >= 0.3 is 0 Å². The van der Waals surface area contributed by atoms with Crippen LogP contribution in [0.3, 0.4) is 0 Å². The zero-order valence-electron chi connectivity index (χ0n) is 11.0. The predicted molar refractivity (Wildman–Crippen MR) is 75.7 cm³/mol. The lowest BCUT2D eigenvalue weighted by atomic mass is 10.1. The largest absolute Gasteiger partial charge is 0.389 e. The number of rotatable bonds is 4. The van der Waals surface area contributed by atoms with Crippen LogP contribution in [0.4, 0.5) is 5.82 Å². The maximum atomic E-state index is 5.75. The van der Waals surface area contributed by atoms with Crippen LogP contribution in [0.25, 0.3) is 0 Å². The number of nitrogens with zero attached hydrogens (tertiary/aromatic N) is 5. The van der Waals surface area contributed by atoms with Gasteiger partial charge < -0.3 is 11.1 Å². The zero-order valence-corrected chi connectivity index (χ0v) is 11.8. The van der Waals surface area contributed by atoms with E-state index in [2.05, 4.69) is 25.6 Å². The van der Waals surface area contributed by atoms with E-state index in [1.807, 2.05) is 20.9 Å². The summed E-state index contributed by atoms with van der Waals surface area (Å²) in [6, 6.07) is 0. The van der Waals surface area contributed by atoms with Gasteiger partial charge in [0.05, 0.1) is 17.8 Å². The van der Waals surface area contributed by atoms with Crippen LogP contribution in [-0.4, -0.2) is 30.0 Å². The molecule has 0 bridgehead atoms. The van der Waals surface area contributed by atoms with Crippen molar-refractivity contribution in [2.45, 2.75) is 20.4 Å². The molecule has 0 atom stereocenters. The van der Waals surface area contributed by atoms with Gasteiger partial charge in [-0.2, -0.15) is 10.2 Å². The van der Waals surface area contributed by atoms with Crippen LogP contribution >= 0.6 is 12.2 Å². The molecule has 0 unspecified atom stereocenters. The first kappa shape index (κ1) is 13.3. The average Bonchev–Trinajstić information content (AvgIpc) is 2.76. The van der Waals surface area contributed by atoms with Gasteiger partial charge in [-0.25, -0.2) is 4.98 Å². The summed E-state index contributed by atoms with van der Waals surface area (Å²) in [6.45, 7) is 4.23. The third-order valence-corrected chi connectivity index (χ3v) is 2.97. The molecule has 3 N–H and O–H groups in total. The van der Waals surface area contributed by atoms with Crippen molar-refractivity contribution in [2.75, 3.05) is 5.32 Å². The Morgan fingerprint density at radius 3 is 2.74 bits per heavy atom. The van der Waals surface area contributed by atoms with Crippen molar-refractivity contribution in [2.24, 2.45) is 12.8 Å². The molecule has 0 fully saturated rings. The maximum absolute atomic E-state index is 5.75. The third-order valence-electron chi connectivity index (χ3n) is 2.76. The van der Waals surface area contributed by atoms with E-state index in [-0.39, 0.29) is 0 Å². The topological polar surface area (TPSA) is 94.5 Å². The fourth-order valence-corrected chi connectivity index (χ4v) is 1.91. The summed E-state index contributed by atoms with van der Waals surface area (Å²) in [5.74, 6) is 1.22. The molecule has 2 heterocycles. The van der Waals surface area contributed by atoms with E-state index < -0.39 is 0 Å². The van der Waals surface area contributed by atoms with E-state index in [4.69, 9.17) is 18.0 Å². The molecule has 19 heavy (non-hydrogen) atoms. The van der Waals surface area contributed by atoms with E-state index in [0.717, 1.165) is 16.8 Å². The van der Waals surface area contributed by atoms with Crippen molar-refractivity contribution < 1.29 is 0 Å². The van der Waals surface area contributed by atoms with Crippen molar-refractivity contribution in [1.29, 1.82) is 0 Å². The molecule has 8 heteroatoms. The second-order valence-electron chi connectivity index (χ2n) is 4.19. The highest BCUT2D eigenvalue weighted by Crippen LogP contribution is 2.18. The molecule has 0 saturated carbocycles. The Hall–Kier alpha value is -2.09. The van der Waals surface area contributed by atoms with Crippen LogP contribution in [0, 0.1) is 13.8 Å². The summed E-state index contributed by atoms with van der Waals surface area (Å²) in [6.07, 6.45) is 1.64. The molecule has 0 spiro atoms. The van der Waals surface area contributed by atoms with Gasteiger partial charge in [-0.05, 0) is 19.4 Å². The first-order valence-corrected chi connectivity index (χ1v) is 6.12. The number of aryl methyl sites for hydroxylation is 2. The van der Waals surface area contributed by atoms with Crippen molar-refractivity contribution in [3.05, 3.63) is 29.0 Å². The number of hydrogen-bond acceptors (Lipinski definition) is 6. The Balaban J connectivity index is 2.25. The fraction of sp³-hybridized carbons (Fsp3) is 0.364. The quantitative estimate of drug-likeness (QED) is 0.784. The van der Waals surface area contributed by atoms with Gasteiger partial charge in [0.25, 0.3) is 0 Å². The molecular weight excluding hydrogens is 262 g/mol. The fourth-order valence-electron chi connectivity index (χ4n) is 1.66. The normalized spacial score (nSPS) is 10.5. The summed E-state index contributed by atoms with van der Waals surface area (Å²) < 4.78 is 1.64. The highest BCUT2D eigenvalue weighted by atomic mass is 32.1. The smallest absolute Gasteiger partial charge is 0.169 e. The van der Waals surface area contributed by atoms with Gasteiger partial charge in [-0.1, -0.05) is 12.2 Å². The lowest BCUT2D eigenvalue weighted by molar-refractivity contribution is 0.746. The van der Waals surface area contributed by atoms with Gasteiger partial charge in [0.1, 0.15) is 11.3 Å². The second-order valence-corrected chi connectivity index (χ2v) is 4.63.